The van der Waals surface area contributed by atoms with Crippen molar-refractivity contribution in [2.45, 2.75) is 12.8 Å². The van der Waals surface area contributed by atoms with Crippen molar-refractivity contribution >= 4 is 11.8 Å². The predicted molar refractivity (Wildman–Crippen MR) is 50.2 cm³/mol. The van der Waals surface area contributed by atoms with E-state index in [2.05, 4.69) is 0 Å². The Bertz CT molecular complexity index is 395. The zero-order chi connectivity index (χ0) is 10.1. The number of hydrogen-bond donors (Lipinski definition) is 1. The average Bonchev–Trinajstić information content (AvgIpc) is 2.44. The molecule has 0 aliphatic heterocycles. The molecule has 1 N–H and O–H groups in total. The first kappa shape index (κ1) is 8.94. The maximum absolute atomic E-state index is 11.7. The van der Waals surface area contributed by atoms with Crippen LogP contribution in [0.25, 0.3) is 0 Å². The first-order chi connectivity index (χ1) is 6.68. The molecule has 1 atom stereocenters. The Morgan fingerprint density at radius 2 is 2.14 bits per heavy atom. The molecule has 0 bridgehead atoms. The molecule has 1 aromatic carbocycles. The summed E-state index contributed by atoms with van der Waals surface area (Å²) in [6, 6.07) is 7.32. The highest BCUT2D eigenvalue weighted by Crippen LogP contribution is 2.28. The van der Waals surface area contributed by atoms with E-state index in [1.54, 1.807) is 12.1 Å². The van der Waals surface area contributed by atoms with E-state index in [0.29, 0.717) is 12.0 Å². The number of benzene rings is 1. The lowest BCUT2D eigenvalue weighted by Crippen LogP contribution is -2.13. The number of carboxylic acids is 1. The number of aliphatic carboxylic acids is 1. The van der Waals surface area contributed by atoms with Crippen LogP contribution < -0.4 is 0 Å². The minimum absolute atomic E-state index is 0.0250. The lowest BCUT2D eigenvalue weighted by atomic mass is 10.0. The first-order valence-electron chi connectivity index (χ1n) is 4.52. The molecule has 72 valence electrons. The van der Waals surface area contributed by atoms with Crippen LogP contribution in [0.3, 0.4) is 0 Å². The van der Waals surface area contributed by atoms with Crippen molar-refractivity contribution in [3.8, 4) is 0 Å². The largest absolute Gasteiger partial charge is 0.481 e. The van der Waals surface area contributed by atoms with Gasteiger partial charge in [0.25, 0.3) is 0 Å². The fourth-order valence-corrected chi connectivity index (χ4v) is 1.89. The van der Waals surface area contributed by atoms with E-state index >= 15 is 0 Å². The summed E-state index contributed by atoms with van der Waals surface area (Å²) in [6.45, 7) is 0. The SMILES string of the molecule is O=C(O)CC1Cc2ccccc2C1=O. The van der Waals surface area contributed by atoms with Crippen LogP contribution in [0.1, 0.15) is 22.3 Å². The van der Waals surface area contributed by atoms with Gasteiger partial charge < -0.3 is 5.11 Å². The number of ketones is 1. The zero-order valence-electron chi connectivity index (χ0n) is 7.56. The first-order valence-corrected chi connectivity index (χ1v) is 4.52. The van der Waals surface area contributed by atoms with Gasteiger partial charge in [-0.15, -0.1) is 0 Å². The molecular weight excluding hydrogens is 180 g/mol. The van der Waals surface area contributed by atoms with Gasteiger partial charge in [-0.1, -0.05) is 24.3 Å². The number of carbonyl (C=O) groups is 2. The normalized spacial score (nSPS) is 19.4. The van der Waals surface area contributed by atoms with Crippen molar-refractivity contribution in [3.63, 3.8) is 0 Å². The summed E-state index contributed by atoms with van der Waals surface area (Å²) >= 11 is 0. The smallest absolute Gasteiger partial charge is 0.304 e. The van der Waals surface area contributed by atoms with E-state index in [9.17, 15) is 9.59 Å². The molecular formula is C11H10O3. The Labute approximate surface area is 81.4 Å². The van der Waals surface area contributed by atoms with Crippen LogP contribution in [-0.4, -0.2) is 16.9 Å². The van der Waals surface area contributed by atoms with Gasteiger partial charge in [-0.2, -0.15) is 0 Å². The molecule has 0 aromatic heterocycles. The number of Topliss-reactive ketones (excluding diaryl/α,β-unsaturated/α-hetero) is 1. The molecule has 14 heavy (non-hydrogen) atoms. The van der Waals surface area contributed by atoms with Crippen LogP contribution >= 0.6 is 0 Å². The molecule has 1 aliphatic rings. The lowest BCUT2D eigenvalue weighted by molar-refractivity contribution is -0.137. The van der Waals surface area contributed by atoms with Crippen LogP contribution in [-0.2, 0) is 11.2 Å². The minimum atomic E-state index is -0.906. The van der Waals surface area contributed by atoms with Crippen LogP contribution in [0.15, 0.2) is 24.3 Å². The molecule has 3 nitrogen and oxygen atoms in total. The van der Waals surface area contributed by atoms with Crippen LogP contribution in [0, 0.1) is 5.92 Å². The topological polar surface area (TPSA) is 54.4 Å². The van der Waals surface area contributed by atoms with E-state index in [1.165, 1.54) is 0 Å². The van der Waals surface area contributed by atoms with E-state index in [-0.39, 0.29) is 18.1 Å². The molecule has 0 amide bonds. The van der Waals surface area contributed by atoms with Gasteiger partial charge in [0, 0.05) is 11.5 Å². The van der Waals surface area contributed by atoms with Crippen LogP contribution in [0.2, 0.25) is 0 Å². The Balaban J connectivity index is 2.26. The number of carboxylic acid groups (broad SMARTS) is 1. The fourth-order valence-electron chi connectivity index (χ4n) is 1.89. The zero-order valence-corrected chi connectivity index (χ0v) is 7.56. The van der Waals surface area contributed by atoms with Gasteiger partial charge in [0.05, 0.1) is 6.42 Å². The van der Waals surface area contributed by atoms with Crippen molar-refractivity contribution in [2.75, 3.05) is 0 Å². The van der Waals surface area contributed by atoms with Crippen LogP contribution in [0.4, 0.5) is 0 Å². The molecule has 0 fully saturated rings. The summed E-state index contributed by atoms with van der Waals surface area (Å²) in [7, 11) is 0. The highest BCUT2D eigenvalue weighted by atomic mass is 16.4. The molecule has 0 heterocycles. The van der Waals surface area contributed by atoms with Gasteiger partial charge >= 0.3 is 5.97 Å². The summed E-state index contributed by atoms with van der Waals surface area (Å²) in [6.07, 6.45) is 0.509. The van der Waals surface area contributed by atoms with E-state index in [0.717, 1.165) is 5.56 Å². The summed E-state index contributed by atoms with van der Waals surface area (Å²) in [4.78, 5) is 22.2. The highest BCUT2D eigenvalue weighted by Gasteiger charge is 2.31. The molecule has 0 radical (unpaired) electrons. The quantitative estimate of drug-likeness (QED) is 0.769. The molecule has 0 saturated carbocycles. The van der Waals surface area contributed by atoms with Gasteiger partial charge in [0.15, 0.2) is 5.78 Å². The predicted octanol–water partition coefficient (Wildman–Crippen LogP) is 1.52. The maximum atomic E-state index is 11.7. The number of hydrogen-bond acceptors (Lipinski definition) is 2. The van der Waals surface area contributed by atoms with Crippen molar-refractivity contribution in [3.05, 3.63) is 35.4 Å². The van der Waals surface area contributed by atoms with E-state index in [4.69, 9.17) is 5.11 Å². The molecule has 1 unspecified atom stereocenters. The summed E-state index contributed by atoms with van der Waals surface area (Å²) in [5.74, 6) is -1.29. The second-order valence-electron chi connectivity index (χ2n) is 3.52. The molecule has 2 rings (SSSR count). The molecule has 1 aromatic rings. The molecule has 3 heteroatoms. The Kier molecular flexibility index (Phi) is 2.08. The van der Waals surface area contributed by atoms with Crippen molar-refractivity contribution in [1.82, 2.24) is 0 Å². The third-order valence-corrected chi connectivity index (χ3v) is 2.54. The number of carbonyl (C=O) groups excluding carboxylic acids is 1. The van der Waals surface area contributed by atoms with Crippen molar-refractivity contribution in [1.29, 1.82) is 0 Å². The third-order valence-electron chi connectivity index (χ3n) is 2.54. The maximum Gasteiger partial charge on any atom is 0.304 e. The lowest BCUT2D eigenvalue weighted by Gasteiger charge is -2.01. The summed E-state index contributed by atoms with van der Waals surface area (Å²) in [5.41, 5.74) is 1.67. The van der Waals surface area contributed by atoms with Crippen molar-refractivity contribution < 1.29 is 14.7 Å². The number of fused-ring (bicyclic) bond motifs is 1. The average molecular weight is 190 g/mol. The van der Waals surface area contributed by atoms with Gasteiger partial charge in [-0.3, -0.25) is 9.59 Å². The summed E-state index contributed by atoms with van der Waals surface area (Å²) < 4.78 is 0. The Morgan fingerprint density at radius 3 is 2.79 bits per heavy atom. The van der Waals surface area contributed by atoms with Gasteiger partial charge in [-0.05, 0) is 12.0 Å². The van der Waals surface area contributed by atoms with Crippen LogP contribution in [0.5, 0.6) is 0 Å². The summed E-state index contributed by atoms with van der Waals surface area (Å²) in [5, 5.41) is 8.62. The number of rotatable bonds is 2. The molecule has 1 aliphatic carbocycles. The highest BCUT2D eigenvalue weighted by molar-refractivity contribution is 6.03. The van der Waals surface area contributed by atoms with Crippen molar-refractivity contribution in [2.24, 2.45) is 5.92 Å². The van der Waals surface area contributed by atoms with Gasteiger partial charge in [-0.25, -0.2) is 0 Å². The molecule has 0 spiro atoms. The standard InChI is InChI=1S/C11H10O3/c12-10(13)6-8-5-7-3-1-2-4-9(7)11(8)14/h1-4,8H,5-6H2,(H,12,13). The monoisotopic (exact) mass is 190 g/mol. The third kappa shape index (κ3) is 1.41. The van der Waals surface area contributed by atoms with E-state index < -0.39 is 5.97 Å². The Morgan fingerprint density at radius 1 is 1.43 bits per heavy atom. The van der Waals surface area contributed by atoms with Gasteiger partial charge in [0.2, 0.25) is 0 Å². The Hall–Kier alpha value is -1.64. The van der Waals surface area contributed by atoms with E-state index in [1.807, 2.05) is 12.1 Å². The van der Waals surface area contributed by atoms with Gasteiger partial charge in [0.1, 0.15) is 0 Å². The second kappa shape index (κ2) is 3.25. The minimum Gasteiger partial charge on any atom is -0.481 e. The fraction of sp³-hybridized carbons (Fsp3) is 0.273. The second-order valence-corrected chi connectivity index (χ2v) is 3.52. The molecule has 0 saturated heterocycles.